The van der Waals surface area contributed by atoms with Crippen LogP contribution in [0.4, 0.5) is 17.1 Å². The van der Waals surface area contributed by atoms with Crippen molar-refractivity contribution in [2.45, 2.75) is 13.2 Å². The van der Waals surface area contributed by atoms with Gasteiger partial charge in [-0.2, -0.15) is 0 Å². The molecule has 3 heterocycles. The first-order valence-corrected chi connectivity index (χ1v) is 10.1. The van der Waals surface area contributed by atoms with Crippen LogP contribution in [0.15, 0.2) is 91.0 Å². The highest BCUT2D eigenvalue weighted by atomic mass is 32.1. The predicted octanol–water partition coefficient (Wildman–Crippen LogP) is 4.20. The van der Waals surface area contributed by atoms with Crippen LogP contribution in [0, 0.1) is 5.41 Å². The summed E-state index contributed by atoms with van der Waals surface area (Å²) in [6, 6.07) is 28.5. The van der Waals surface area contributed by atoms with Crippen molar-refractivity contribution in [1.82, 2.24) is 0 Å². The minimum atomic E-state index is -1.48. The first-order chi connectivity index (χ1) is 14.5. The summed E-state index contributed by atoms with van der Waals surface area (Å²) in [4.78, 5) is 32.9. The molecule has 3 aliphatic heterocycles. The SMILES string of the molecule is CC12C(=O)N(c3ccccc3)C(N(c3ccccc3)C1=O)N(c1ccccc1)C2=S. The lowest BCUT2D eigenvalue weighted by Crippen LogP contribution is -2.82. The average Bonchev–Trinajstić information content (AvgIpc) is 2.79. The Hall–Kier alpha value is -3.51. The number of fused-ring (bicyclic) bond motifs is 3. The normalized spacial score (nSPS) is 23.3. The van der Waals surface area contributed by atoms with E-state index in [0.29, 0.717) is 4.99 Å². The molecule has 0 aliphatic carbocycles. The lowest BCUT2D eigenvalue weighted by Gasteiger charge is -2.59. The Morgan fingerprint density at radius 2 is 0.967 bits per heavy atom. The van der Waals surface area contributed by atoms with Crippen molar-refractivity contribution in [2.24, 2.45) is 5.41 Å². The number of amides is 2. The van der Waals surface area contributed by atoms with Crippen LogP contribution in [0.3, 0.4) is 0 Å². The predicted molar refractivity (Wildman–Crippen MR) is 121 cm³/mol. The zero-order valence-corrected chi connectivity index (χ0v) is 17.1. The fraction of sp³-hybridized carbons (Fsp3) is 0.125. The van der Waals surface area contributed by atoms with Gasteiger partial charge >= 0.3 is 0 Å². The van der Waals surface area contributed by atoms with Crippen molar-refractivity contribution in [2.75, 3.05) is 14.7 Å². The molecule has 3 aliphatic rings. The standard InChI is InChI=1S/C24H19N3O2S/c1-24-20(28)25(17-11-5-2-6-12-17)23(26(21(24)29)18-13-7-3-8-14-18)27(22(24)30)19-15-9-4-10-16-19/h2-16,23H,1H3. The maximum atomic E-state index is 13.6. The quantitative estimate of drug-likeness (QED) is 0.477. The van der Waals surface area contributed by atoms with E-state index in [1.54, 1.807) is 16.7 Å². The van der Waals surface area contributed by atoms with Crippen LogP contribution in [0.2, 0.25) is 0 Å². The molecule has 3 saturated heterocycles. The van der Waals surface area contributed by atoms with Gasteiger partial charge in [0.2, 0.25) is 0 Å². The second kappa shape index (κ2) is 6.78. The van der Waals surface area contributed by atoms with Crippen molar-refractivity contribution >= 4 is 46.1 Å². The van der Waals surface area contributed by atoms with Gasteiger partial charge < -0.3 is 0 Å². The number of anilines is 3. The highest BCUT2D eigenvalue weighted by Crippen LogP contribution is 2.46. The molecule has 0 spiro atoms. The lowest BCUT2D eigenvalue weighted by atomic mass is 9.80. The first kappa shape index (κ1) is 18.5. The Kier molecular flexibility index (Phi) is 4.18. The molecule has 6 heteroatoms. The van der Waals surface area contributed by atoms with E-state index in [2.05, 4.69) is 0 Å². The molecule has 0 unspecified atom stereocenters. The van der Waals surface area contributed by atoms with Gasteiger partial charge in [-0.25, -0.2) is 0 Å². The molecule has 0 aromatic heterocycles. The monoisotopic (exact) mass is 413 g/mol. The Bertz CT molecular complexity index is 991. The van der Waals surface area contributed by atoms with E-state index < -0.39 is 11.7 Å². The van der Waals surface area contributed by atoms with E-state index in [9.17, 15) is 9.59 Å². The largest absolute Gasteiger partial charge is 0.295 e. The Morgan fingerprint density at radius 1 is 0.633 bits per heavy atom. The second-order valence-electron chi connectivity index (χ2n) is 7.50. The number of benzene rings is 3. The van der Waals surface area contributed by atoms with Crippen LogP contribution in [-0.2, 0) is 9.59 Å². The van der Waals surface area contributed by atoms with Gasteiger partial charge in [0.1, 0.15) is 4.99 Å². The molecule has 0 atom stereocenters. The number of thiocarbonyl (C=S) groups is 1. The van der Waals surface area contributed by atoms with E-state index in [1.807, 2.05) is 95.9 Å². The lowest BCUT2D eigenvalue weighted by molar-refractivity contribution is -0.139. The van der Waals surface area contributed by atoms with Gasteiger partial charge in [-0.05, 0) is 43.3 Å². The summed E-state index contributed by atoms with van der Waals surface area (Å²) < 4.78 is 0. The zero-order valence-electron chi connectivity index (χ0n) is 16.3. The molecule has 5 nitrogen and oxygen atoms in total. The smallest absolute Gasteiger partial charge is 0.252 e. The molecular weight excluding hydrogens is 394 g/mol. The molecule has 2 amide bonds. The topological polar surface area (TPSA) is 43.9 Å². The highest BCUT2D eigenvalue weighted by Gasteiger charge is 2.66. The summed E-state index contributed by atoms with van der Waals surface area (Å²) in [5.41, 5.74) is 0.790. The zero-order chi connectivity index (χ0) is 20.9. The molecule has 2 bridgehead atoms. The third-order valence-corrected chi connectivity index (χ3v) is 6.34. The summed E-state index contributed by atoms with van der Waals surface area (Å²) in [7, 11) is 0. The number of carbonyl (C=O) groups excluding carboxylic acids is 2. The Balaban J connectivity index is 1.78. The molecule has 3 aromatic carbocycles. The average molecular weight is 414 g/mol. The molecule has 6 rings (SSSR count). The first-order valence-electron chi connectivity index (χ1n) is 9.71. The summed E-state index contributed by atoms with van der Waals surface area (Å²) >= 11 is 5.76. The number of hydrogen-bond acceptors (Lipinski definition) is 3. The van der Waals surface area contributed by atoms with E-state index in [0.717, 1.165) is 17.1 Å². The minimum Gasteiger partial charge on any atom is -0.295 e. The molecular formula is C24H19N3O2S. The molecule has 0 saturated carbocycles. The Labute approximate surface area is 180 Å². The number of carbonyl (C=O) groups is 2. The molecule has 3 fully saturated rings. The van der Waals surface area contributed by atoms with Crippen molar-refractivity contribution in [3.05, 3.63) is 91.0 Å². The number of hydrogen-bond donors (Lipinski definition) is 0. The van der Waals surface area contributed by atoms with Crippen LogP contribution in [0.25, 0.3) is 0 Å². The van der Waals surface area contributed by atoms with Gasteiger partial charge in [-0.15, -0.1) is 0 Å². The summed E-state index contributed by atoms with van der Waals surface area (Å²) in [5.74, 6) is -0.596. The summed E-state index contributed by atoms with van der Waals surface area (Å²) in [6.07, 6.45) is -0.730. The van der Waals surface area contributed by atoms with E-state index in [1.165, 1.54) is 0 Å². The van der Waals surface area contributed by atoms with Gasteiger partial charge in [0.05, 0.1) is 0 Å². The van der Waals surface area contributed by atoms with Crippen LogP contribution < -0.4 is 14.7 Å². The van der Waals surface area contributed by atoms with E-state index in [-0.39, 0.29) is 11.8 Å². The highest BCUT2D eigenvalue weighted by molar-refractivity contribution is 7.81. The van der Waals surface area contributed by atoms with Gasteiger partial charge in [0, 0.05) is 17.1 Å². The van der Waals surface area contributed by atoms with Crippen molar-refractivity contribution in [3.63, 3.8) is 0 Å². The molecule has 3 aromatic rings. The summed E-state index contributed by atoms with van der Waals surface area (Å²) in [5, 5.41) is 0. The minimum absolute atomic E-state index is 0.298. The third kappa shape index (κ3) is 2.44. The molecule has 0 radical (unpaired) electrons. The van der Waals surface area contributed by atoms with Gasteiger partial charge in [0.25, 0.3) is 11.8 Å². The van der Waals surface area contributed by atoms with Crippen LogP contribution in [0.5, 0.6) is 0 Å². The second-order valence-corrected chi connectivity index (χ2v) is 7.89. The van der Waals surface area contributed by atoms with Crippen LogP contribution in [0.1, 0.15) is 6.92 Å². The maximum absolute atomic E-state index is 13.6. The molecule has 148 valence electrons. The van der Waals surface area contributed by atoms with Gasteiger partial charge in [0.15, 0.2) is 11.7 Å². The number of para-hydroxylation sites is 3. The fourth-order valence-corrected chi connectivity index (χ4v) is 4.55. The third-order valence-electron chi connectivity index (χ3n) is 5.74. The van der Waals surface area contributed by atoms with Gasteiger partial charge in [-0.3, -0.25) is 24.3 Å². The van der Waals surface area contributed by atoms with E-state index in [4.69, 9.17) is 12.2 Å². The van der Waals surface area contributed by atoms with Crippen molar-refractivity contribution in [1.29, 1.82) is 0 Å². The van der Waals surface area contributed by atoms with Crippen molar-refractivity contribution < 1.29 is 9.59 Å². The number of nitrogens with zero attached hydrogens (tertiary/aromatic N) is 3. The Morgan fingerprint density at radius 3 is 1.33 bits per heavy atom. The maximum Gasteiger partial charge on any atom is 0.252 e. The molecule has 0 N–H and O–H groups in total. The van der Waals surface area contributed by atoms with Crippen LogP contribution >= 0.6 is 12.2 Å². The molecule has 30 heavy (non-hydrogen) atoms. The van der Waals surface area contributed by atoms with Crippen LogP contribution in [-0.4, -0.2) is 23.1 Å². The summed E-state index contributed by atoms with van der Waals surface area (Å²) in [6.45, 7) is 1.64. The van der Waals surface area contributed by atoms with Gasteiger partial charge in [-0.1, -0.05) is 66.8 Å². The van der Waals surface area contributed by atoms with E-state index >= 15 is 0 Å². The van der Waals surface area contributed by atoms with Crippen molar-refractivity contribution in [3.8, 4) is 0 Å². The fourth-order valence-electron chi connectivity index (χ4n) is 4.18. The number of rotatable bonds is 3.